The topological polar surface area (TPSA) is 52.9 Å². The Morgan fingerprint density at radius 1 is 1.20 bits per heavy atom. The zero-order valence-electron chi connectivity index (χ0n) is 12.7. The van der Waals surface area contributed by atoms with E-state index in [1.54, 1.807) is 12.1 Å². The first-order valence-electron chi connectivity index (χ1n) is 7.30. The van der Waals surface area contributed by atoms with Gasteiger partial charge in [0.15, 0.2) is 5.71 Å². The minimum absolute atomic E-state index is 0.243. The van der Waals surface area contributed by atoms with E-state index in [1.807, 2.05) is 0 Å². The Morgan fingerprint density at radius 3 is 2.44 bits per heavy atom. The zero-order valence-corrected chi connectivity index (χ0v) is 14.2. The van der Waals surface area contributed by atoms with Crippen LogP contribution in [0.25, 0.3) is 0 Å². The molecule has 2 unspecified atom stereocenters. The lowest BCUT2D eigenvalue weighted by Crippen LogP contribution is -2.29. The van der Waals surface area contributed by atoms with Crippen molar-refractivity contribution in [2.45, 2.75) is 6.04 Å². The van der Waals surface area contributed by atoms with Crippen molar-refractivity contribution in [2.75, 3.05) is 11.7 Å². The number of hydrogen-bond donors (Lipinski definition) is 1. The summed E-state index contributed by atoms with van der Waals surface area (Å²) in [5.74, 6) is -2.79. The molecule has 0 saturated heterocycles. The highest BCUT2D eigenvalue weighted by Gasteiger charge is 2.42. The second-order valence-electron chi connectivity index (χ2n) is 5.49. The van der Waals surface area contributed by atoms with Gasteiger partial charge in [-0.15, -0.1) is 0 Å². The van der Waals surface area contributed by atoms with Gasteiger partial charge in [0.1, 0.15) is 12.5 Å². The number of rotatable bonds is 4. The van der Waals surface area contributed by atoms with Crippen LogP contribution in [0.5, 0.6) is 0 Å². The Morgan fingerprint density at radius 2 is 1.88 bits per heavy atom. The number of hydrazone groups is 1. The molecule has 1 N–H and O–H groups in total. The maximum Gasteiger partial charge on any atom is 0.352 e. The summed E-state index contributed by atoms with van der Waals surface area (Å²) in [6.07, 6.45) is 0. The van der Waals surface area contributed by atoms with Crippen molar-refractivity contribution >= 4 is 40.6 Å². The molecule has 130 valence electrons. The minimum atomic E-state index is -1.32. The number of carboxylic acids is 1. The molecule has 0 saturated carbocycles. The van der Waals surface area contributed by atoms with Crippen LogP contribution in [0.15, 0.2) is 47.6 Å². The molecular weight excluding hydrogens is 373 g/mol. The fourth-order valence-corrected chi connectivity index (χ4v) is 3.33. The molecule has 0 amide bonds. The summed E-state index contributed by atoms with van der Waals surface area (Å²) in [4.78, 5) is 11.5. The monoisotopic (exact) mass is 384 g/mol. The Hall–Kier alpha value is -2.18. The van der Waals surface area contributed by atoms with Crippen molar-refractivity contribution in [2.24, 2.45) is 11.0 Å². The Kier molecular flexibility index (Phi) is 4.92. The van der Waals surface area contributed by atoms with Crippen LogP contribution in [0.2, 0.25) is 10.0 Å². The summed E-state index contributed by atoms with van der Waals surface area (Å²) >= 11 is 12.1. The van der Waals surface area contributed by atoms with E-state index in [2.05, 4.69) is 5.10 Å². The molecule has 25 heavy (non-hydrogen) atoms. The number of carbonyl (C=O) groups is 1. The van der Waals surface area contributed by atoms with E-state index < -0.39 is 30.4 Å². The lowest BCUT2D eigenvalue weighted by atomic mass is 9.90. The quantitative estimate of drug-likeness (QED) is 0.829. The van der Waals surface area contributed by atoms with Gasteiger partial charge < -0.3 is 5.11 Å². The van der Waals surface area contributed by atoms with Crippen LogP contribution in [0.3, 0.4) is 0 Å². The van der Waals surface area contributed by atoms with E-state index in [0.29, 0.717) is 16.3 Å². The van der Waals surface area contributed by atoms with Gasteiger partial charge in [-0.1, -0.05) is 35.3 Å². The number of alkyl halides is 1. The van der Waals surface area contributed by atoms with Crippen molar-refractivity contribution in [3.8, 4) is 0 Å². The third-order valence-corrected chi connectivity index (χ3v) is 4.50. The summed E-state index contributed by atoms with van der Waals surface area (Å²) in [6, 6.07) is 9.26. The van der Waals surface area contributed by atoms with Gasteiger partial charge in [0.2, 0.25) is 0 Å². The average Bonchev–Trinajstić information content (AvgIpc) is 2.95. The van der Waals surface area contributed by atoms with Crippen molar-refractivity contribution in [3.05, 3.63) is 63.9 Å². The van der Waals surface area contributed by atoms with Crippen LogP contribution in [0.4, 0.5) is 14.5 Å². The second-order valence-corrected chi connectivity index (χ2v) is 6.33. The Balaban J connectivity index is 2.13. The number of benzene rings is 2. The van der Waals surface area contributed by atoms with E-state index >= 15 is 0 Å². The molecule has 4 nitrogen and oxygen atoms in total. The second kappa shape index (κ2) is 6.98. The number of nitrogens with zero attached hydrogens (tertiary/aromatic N) is 2. The van der Waals surface area contributed by atoms with Crippen LogP contribution >= 0.6 is 23.2 Å². The predicted molar refractivity (Wildman–Crippen MR) is 92.6 cm³/mol. The van der Waals surface area contributed by atoms with Crippen LogP contribution < -0.4 is 5.01 Å². The van der Waals surface area contributed by atoms with Crippen molar-refractivity contribution < 1.29 is 18.7 Å². The molecule has 0 fully saturated rings. The smallest absolute Gasteiger partial charge is 0.352 e. The van der Waals surface area contributed by atoms with E-state index in [0.717, 1.165) is 0 Å². The van der Waals surface area contributed by atoms with Crippen LogP contribution in [-0.2, 0) is 4.79 Å². The highest BCUT2D eigenvalue weighted by Crippen LogP contribution is 2.42. The first-order valence-corrected chi connectivity index (χ1v) is 8.05. The molecule has 0 aromatic heterocycles. The number of hydrogen-bond acceptors (Lipinski definition) is 3. The van der Waals surface area contributed by atoms with E-state index in [9.17, 15) is 18.7 Å². The van der Waals surface area contributed by atoms with Crippen LogP contribution in [0.1, 0.15) is 11.6 Å². The minimum Gasteiger partial charge on any atom is -0.477 e. The summed E-state index contributed by atoms with van der Waals surface area (Å²) in [5, 5.41) is 15.4. The van der Waals surface area contributed by atoms with Crippen LogP contribution in [-0.4, -0.2) is 23.5 Å². The Bertz CT molecular complexity index is 843. The molecule has 1 aliphatic rings. The number of halogens is 4. The highest BCUT2D eigenvalue weighted by atomic mass is 35.5. The lowest BCUT2D eigenvalue weighted by Gasteiger charge is -2.28. The van der Waals surface area contributed by atoms with Gasteiger partial charge in [-0.3, -0.25) is 9.40 Å². The molecule has 2 aromatic rings. The van der Waals surface area contributed by atoms with E-state index in [1.165, 1.54) is 35.3 Å². The van der Waals surface area contributed by atoms with Gasteiger partial charge in [-0.2, -0.15) is 5.10 Å². The fourth-order valence-electron chi connectivity index (χ4n) is 2.84. The number of anilines is 1. The van der Waals surface area contributed by atoms with Gasteiger partial charge in [0.25, 0.3) is 0 Å². The van der Waals surface area contributed by atoms with Gasteiger partial charge in [-0.25, -0.2) is 9.18 Å². The summed E-state index contributed by atoms with van der Waals surface area (Å²) < 4.78 is 26.9. The molecule has 0 spiro atoms. The molecular formula is C17H12Cl2F2N2O2. The van der Waals surface area contributed by atoms with Crippen LogP contribution in [0, 0.1) is 11.7 Å². The molecule has 0 bridgehead atoms. The molecule has 3 rings (SSSR count). The third kappa shape index (κ3) is 3.32. The van der Waals surface area contributed by atoms with E-state index in [-0.39, 0.29) is 10.7 Å². The lowest BCUT2D eigenvalue weighted by molar-refractivity contribution is -0.129. The number of carboxylic acid groups (broad SMARTS) is 1. The summed E-state index contributed by atoms with van der Waals surface area (Å²) in [5.41, 5.74) is 0.591. The molecule has 0 radical (unpaired) electrons. The Labute approximate surface area is 152 Å². The first-order chi connectivity index (χ1) is 11.9. The number of aliphatic carboxylic acids is 1. The zero-order chi connectivity index (χ0) is 18.1. The fraction of sp³-hybridized carbons (Fsp3) is 0.176. The molecule has 1 aliphatic heterocycles. The summed E-state index contributed by atoms with van der Waals surface area (Å²) in [6.45, 7) is -0.936. The SMILES string of the molecule is O=C(O)C1=NN(c2ccc(Cl)cc2Cl)C(c2ccc(F)cc2)C1CF. The first kappa shape index (κ1) is 17.6. The molecule has 1 heterocycles. The van der Waals surface area contributed by atoms with Gasteiger partial charge in [0, 0.05) is 5.02 Å². The van der Waals surface area contributed by atoms with Crippen molar-refractivity contribution in [1.82, 2.24) is 0 Å². The maximum atomic E-state index is 13.7. The van der Waals surface area contributed by atoms with Gasteiger partial charge >= 0.3 is 5.97 Å². The normalized spacial score (nSPS) is 19.8. The molecule has 2 aromatic carbocycles. The predicted octanol–water partition coefficient (Wildman–Crippen LogP) is 4.72. The highest BCUT2D eigenvalue weighted by molar-refractivity contribution is 6.38. The van der Waals surface area contributed by atoms with E-state index in [4.69, 9.17) is 23.2 Å². The molecule has 2 atom stereocenters. The van der Waals surface area contributed by atoms with Crippen molar-refractivity contribution in [3.63, 3.8) is 0 Å². The maximum absolute atomic E-state index is 13.7. The summed E-state index contributed by atoms with van der Waals surface area (Å²) in [7, 11) is 0. The standard InChI is InChI=1S/C17H12Cl2F2N2O2/c18-10-3-6-14(13(19)7-10)23-16(9-1-4-11(21)5-2-9)12(8-20)15(22-23)17(24)25/h1-7,12,16H,8H2,(H,24,25). The molecule has 8 heteroatoms. The van der Waals surface area contributed by atoms with Gasteiger partial charge in [-0.05, 0) is 35.9 Å². The van der Waals surface area contributed by atoms with Gasteiger partial charge in [0.05, 0.1) is 22.7 Å². The average molecular weight is 385 g/mol. The third-order valence-electron chi connectivity index (χ3n) is 3.96. The largest absolute Gasteiger partial charge is 0.477 e. The van der Waals surface area contributed by atoms with Crippen molar-refractivity contribution in [1.29, 1.82) is 0 Å². The molecule has 0 aliphatic carbocycles.